The molecule has 2 nitrogen and oxygen atoms in total. The number of Topliss-reactive ketones (excluding diaryl/α,β-unsaturated/α-hetero) is 1. The fourth-order valence-electron chi connectivity index (χ4n) is 1.75. The second-order valence-electron chi connectivity index (χ2n) is 3.84. The lowest BCUT2D eigenvalue weighted by atomic mass is 9.79. The topological polar surface area (TPSA) is 26.3 Å². The van der Waals surface area contributed by atoms with Gasteiger partial charge in [0.15, 0.2) is 0 Å². The minimum atomic E-state index is -0.795. The summed E-state index contributed by atoms with van der Waals surface area (Å²) in [4.78, 5) is 11.4. The van der Waals surface area contributed by atoms with Crippen molar-refractivity contribution in [2.24, 2.45) is 11.8 Å². The van der Waals surface area contributed by atoms with Gasteiger partial charge in [-0.15, -0.1) is 0 Å². The Hall–Kier alpha value is 0.125. The second kappa shape index (κ2) is 4.57. The van der Waals surface area contributed by atoms with E-state index in [0.717, 1.165) is 6.42 Å². The Morgan fingerprint density at radius 2 is 2.15 bits per heavy atom. The first kappa shape index (κ1) is 11.2. The van der Waals surface area contributed by atoms with Crippen molar-refractivity contribution in [3.63, 3.8) is 0 Å². The summed E-state index contributed by atoms with van der Waals surface area (Å²) in [7, 11) is 4.83. The van der Waals surface area contributed by atoms with Crippen LogP contribution in [0.2, 0.25) is 0 Å². The van der Waals surface area contributed by atoms with Gasteiger partial charge in [-0.05, 0) is 27.0 Å². The van der Waals surface area contributed by atoms with Gasteiger partial charge in [-0.2, -0.15) is 0 Å². The summed E-state index contributed by atoms with van der Waals surface area (Å²) in [6.45, 7) is 5.95. The molecule has 0 aromatic carbocycles. The predicted octanol–water partition coefficient (Wildman–Crippen LogP) is 2.12. The third-order valence-corrected chi connectivity index (χ3v) is 3.46. The zero-order chi connectivity index (χ0) is 10.0. The monoisotopic (exact) mass is 198 g/mol. The van der Waals surface area contributed by atoms with Crippen molar-refractivity contribution >= 4 is 21.4 Å². The predicted molar refractivity (Wildman–Crippen MR) is 56.0 cm³/mol. The van der Waals surface area contributed by atoms with E-state index < -0.39 is 8.03 Å². The van der Waals surface area contributed by atoms with Gasteiger partial charge >= 0.3 is 0 Å². The van der Waals surface area contributed by atoms with Crippen LogP contribution in [0.5, 0.6) is 0 Å². The van der Waals surface area contributed by atoms with Crippen LogP contribution in [0.3, 0.4) is 0 Å². The van der Waals surface area contributed by atoms with Crippen LogP contribution in [0.4, 0.5) is 0 Å². The molecule has 0 aromatic heterocycles. The highest BCUT2D eigenvalue weighted by Gasteiger charge is 2.33. The molecule has 0 heterocycles. The van der Waals surface area contributed by atoms with E-state index in [0.29, 0.717) is 18.1 Å². The van der Waals surface area contributed by atoms with Gasteiger partial charge in [0.25, 0.3) is 0 Å². The van der Waals surface area contributed by atoms with E-state index in [1.54, 1.807) is 0 Å². The van der Waals surface area contributed by atoms with Gasteiger partial charge in [-0.25, -0.2) is 0 Å². The lowest BCUT2D eigenvalue weighted by molar-refractivity contribution is -0.128. The number of ketones is 1. The summed E-state index contributed by atoms with van der Waals surface area (Å²) in [5.74, 6) is 0.813. The summed E-state index contributed by atoms with van der Waals surface area (Å²) in [5.41, 5.74) is 0. The number of hydrogen-bond donors (Lipinski definition) is 0. The highest BCUT2D eigenvalue weighted by molar-refractivity contribution is 7.77. The molecule has 0 saturated heterocycles. The molecule has 1 saturated carbocycles. The van der Waals surface area contributed by atoms with E-state index in [2.05, 4.69) is 6.92 Å². The molecular weight excluding hydrogens is 182 g/mol. The van der Waals surface area contributed by atoms with Crippen LogP contribution >= 0.6 is 8.03 Å². The number of carbonyl (C=O) groups is 1. The molecule has 0 bridgehead atoms. The van der Waals surface area contributed by atoms with Crippen molar-refractivity contribution < 1.29 is 9.32 Å². The van der Waals surface area contributed by atoms with Gasteiger partial charge in [-0.3, -0.25) is 4.79 Å². The molecule has 4 heteroatoms. The SMILES string of the molecule is [B]P(C)O[C@@H]1CCC(=O)[C@@H](C)[C@@H]1C. The molecule has 1 rings (SSSR count). The Bertz CT molecular complexity index is 196. The zero-order valence-corrected chi connectivity index (χ0v) is 9.38. The fourth-order valence-corrected chi connectivity index (χ4v) is 2.48. The molecule has 1 unspecified atom stereocenters. The highest BCUT2D eigenvalue weighted by Crippen LogP contribution is 2.37. The maximum Gasteiger partial charge on any atom is 0.148 e. The molecule has 0 N–H and O–H groups in total. The summed E-state index contributed by atoms with van der Waals surface area (Å²) in [5, 5.41) is 0. The minimum absolute atomic E-state index is 0.133. The van der Waals surface area contributed by atoms with Crippen LogP contribution in [0.1, 0.15) is 26.7 Å². The van der Waals surface area contributed by atoms with Crippen molar-refractivity contribution in [2.75, 3.05) is 6.66 Å². The molecular formula is C9H16BO2P. The molecule has 0 spiro atoms. The van der Waals surface area contributed by atoms with E-state index in [9.17, 15) is 4.79 Å². The number of hydrogen-bond acceptors (Lipinski definition) is 2. The third-order valence-electron chi connectivity index (χ3n) is 2.86. The first-order valence-corrected chi connectivity index (χ1v) is 6.48. The summed E-state index contributed by atoms with van der Waals surface area (Å²) in [6.07, 6.45) is 1.68. The average molecular weight is 198 g/mol. The maximum atomic E-state index is 11.4. The van der Waals surface area contributed by atoms with Crippen LogP contribution in [-0.4, -0.2) is 26.1 Å². The summed E-state index contributed by atoms with van der Waals surface area (Å²) in [6, 6.07) is 0. The number of carbonyl (C=O) groups excluding carboxylic acids is 1. The van der Waals surface area contributed by atoms with Gasteiger partial charge in [0.2, 0.25) is 0 Å². The standard InChI is InChI=1S/C9H16BO2P/c1-6-7(2)9(12-13(3)10)5-4-8(6)11/h6-7,9H,4-5H2,1-3H3/t6-,7-,9+,13?/m0/s1. The van der Waals surface area contributed by atoms with E-state index in [1.807, 2.05) is 13.6 Å². The zero-order valence-electron chi connectivity index (χ0n) is 8.49. The fraction of sp³-hybridized carbons (Fsp3) is 0.889. The van der Waals surface area contributed by atoms with E-state index in [4.69, 9.17) is 12.1 Å². The van der Waals surface area contributed by atoms with Crippen molar-refractivity contribution in [3.05, 3.63) is 0 Å². The normalized spacial score (nSPS) is 37.5. The smallest absolute Gasteiger partial charge is 0.148 e. The van der Waals surface area contributed by atoms with Crippen LogP contribution in [0.15, 0.2) is 0 Å². The average Bonchev–Trinajstić information content (AvgIpc) is 2.06. The number of rotatable bonds is 2. The molecule has 2 radical (unpaired) electrons. The first-order chi connectivity index (χ1) is 6.02. The Labute approximate surface area is 82.6 Å². The molecule has 4 atom stereocenters. The Morgan fingerprint density at radius 1 is 1.54 bits per heavy atom. The Morgan fingerprint density at radius 3 is 2.69 bits per heavy atom. The third kappa shape index (κ3) is 2.79. The van der Waals surface area contributed by atoms with Crippen molar-refractivity contribution in [3.8, 4) is 0 Å². The molecule has 1 aliphatic rings. The van der Waals surface area contributed by atoms with Gasteiger partial charge in [-0.1, -0.05) is 13.8 Å². The van der Waals surface area contributed by atoms with Crippen LogP contribution < -0.4 is 0 Å². The molecule has 72 valence electrons. The van der Waals surface area contributed by atoms with E-state index in [-0.39, 0.29) is 12.0 Å². The van der Waals surface area contributed by atoms with Gasteiger partial charge in [0.05, 0.1) is 6.10 Å². The lowest BCUT2D eigenvalue weighted by Crippen LogP contribution is -2.35. The van der Waals surface area contributed by atoms with E-state index in [1.165, 1.54) is 0 Å². The quantitative estimate of drug-likeness (QED) is 0.501. The molecule has 0 aromatic rings. The highest BCUT2D eigenvalue weighted by atomic mass is 31.1. The Balaban J connectivity index is 2.53. The van der Waals surface area contributed by atoms with Gasteiger partial charge in [0.1, 0.15) is 13.3 Å². The maximum absolute atomic E-state index is 11.4. The van der Waals surface area contributed by atoms with Crippen LogP contribution in [-0.2, 0) is 9.32 Å². The Kier molecular flexibility index (Phi) is 3.94. The van der Waals surface area contributed by atoms with Crippen LogP contribution in [0.25, 0.3) is 0 Å². The molecule has 1 fully saturated rings. The summed E-state index contributed by atoms with van der Waals surface area (Å²) < 4.78 is 5.61. The second-order valence-corrected chi connectivity index (χ2v) is 5.15. The van der Waals surface area contributed by atoms with Gasteiger partial charge < -0.3 is 4.52 Å². The first-order valence-electron chi connectivity index (χ1n) is 4.70. The van der Waals surface area contributed by atoms with Gasteiger partial charge in [0, 0.05) is 12.3 Å². The van der Waals surface area contributed by atoms with Crippen molar-refractivity contribution in [1.29, 1.82) is 0 Å². The van der Waals surface area contributed by atoms with Crippen molar-refractivity contribution in [1.82, 2.24) is 0 Å². The lowest BCUT2D eigenvalue weighted by Gasteiger charge is -2.34. The molecule has 1 aliphatic carbocycles. The van der Waals surface area contributed by atoms with E-state index >= 15 is 0 Å². The van der Waals surface area contributed by atoms with Crippen LogP contribution in [0, 0.1) is 11.8 Å². The molecule has 0 aliphatic heterocycles. The minimum Gasteiger partial charge on any atom is -0.367 e. The van der Waals surface area contributed by atoms with Crippen molar-refractivity contribution in [2.45, 2.75) is 32.8 Å². The molecule has 0 amide bonds. The summed E-state index contributed by atoms with van der Waals surface area (Å²) >= 11 is 0. The largest absolute Gasteiger partial charge is 0.367 e. The molecule has 13 heavy (non-hydrogen) atoms.